The summed E-state index contributed by atoms with van der Waals surface area (Å²) in [6, 6.07) is 15.1. The Morgan fingerprint density at radius 1 is 1.07 bits per heavy atom. The first-order chi connectivity index (χ1) is 13.8. The number of methoxy groups -OCH3 is 1. The van der Waals surface area contributed by atoms with Crippen LogP contribution in [0.3, 0.4) is 0 Å². The van der Waals surface area contributed by atoms with Gasteiger partial charge < -0.3 is 4.74 Å². The minimum Gasteiger partial charge on any atom is -0.468 e. The molecule has 0 unspecified atom stereocenters. The Morgan fingerprint density at radius 2 is 1.69 bits per heavy atom. The van der Waals surface area contributed by atoms with Gasteiger partial charge in [0.05, 0.1) is 12.0 Å². The maximum Gasteiger partial charge on any atom is 0.324 e. The monoisotopic (exact) mass is 415 g/mol. The number of carbonyl (C=O) groups is 1. The minimum absolute atomic E-state index is 0.169. The molecule has 0 aliphatic heterocycles. The van der Waals surface area contributed by atoms with Crippen LogP contribution in [0.2, 0.25) is 0 Å². The summed E-state index contributed by atoms with van der Waals surface area (Å²) in [6.45, 7) is 6.00. The molecule has 0 bridgehead atoms. The highest BCUT2D eigenvalue weighted by Crippen LogP contribution is 2.22. The summed E-state index contributed by atoms with van der Waals surface area (Å²) in [7, 11) is -2.60. The highest BCUT2D eigenvalue weighted by Gasteiger charge is 2.36. The molecule has 0 spiro atoms. The molecule has 2 rings (SSSR count). The van der Waals surface area contributed by atoms with Crippen molar-refractivity contribution in [2.75, 3.05) is 13.7 Å². The fraction of sp³-hybridized carbons (Fsp3) is 0.348. The van der Waals surface area contributed by atoms with Gasteiger partial charge in [0.2, 0.25) is 10.0 Å². The van der Waals surface area contributed by atoms with E-state index in [1.54, 1.807) is 24.3 Å². The molecule has 156 valence electrons. The topological polar surface area (TPSA) is 63.7 Å². The Morgan fingerprint density at radius 3 is 2.24 bits per heavy atom. The van der Waals surface area contributed by atoms with E-state index in [4.69, 9.17) is 4.74 Å². The van der Waals surface area contributed by atoms with Crippen LogP contribution in [-0.2, 0) is 26.0 Å². The lowest BCUT2D eigenvalue weighted by atomic mass is 10.1. The zero-order valence-electron chi connectivity index (χ0n) is 17.5. The van der Waals surface area contributed by atoms with Crippen LogP contribution in [-0.4, -0.2) is 38.4 Å². The molecule has 2 aromatic rings. The van der Waals surface area contributed by atoms with Gasteiger partial charge in [-0.3, -0.25) is 4.79 Å². The first-order valence-corrected chi connectivity index (χ1v) is 11.0. The summed E-state index contributed by atoms with van der Waals surface area (Å²) in [5.74, 6) is -0.568. The molecule has 0 N–H and O–H groups in total. The number of aryl methyl sites for hydroxylation is 1. The van der Waals surface area contributed by atoms with Crippen molar-refractivity contribution in [1.29, 1.82) is 0 Å². The third kappa shape index (κ3) is 6.27. The Labute approximate surface area is 174 Å². The Kier molecular flexibility index (Phi) is 8.17. The van der Waals surface area contributed by atoms with Crippen LogP contribution in [0.25, 0.3) is 0 Å². The average molecular weight is 416 g/mol. The number of hydrogen-bond acceptors (Lipinski definition) is 4. The molecule has 2 aromatic carbocycles. The van der Waals surface area contributed by atoms with Crippen molar-refractivity contribution in [2.45, 2.75) is 44.6 Å². The molecule has 0 saturated carbocycles. The van der Waals surface area contributed by atoms with E-state index >= 15 is 0 Å². The molecule has 0 aliphatic carbocycles. The molecular weight excluding hydrogens is 386 g/mol. The Bertz CT molecular complexity index is 931. The average Bonchev–Trinajstić information content (AvgIpc) is 2.70. The van der Waals surface area contributed by atoms with E-state index < -0.39 is 22.0 Å². The molecule has 0 heterocycles. The van der Waals surface area contributed by atoms with Gasteiger partial charge in [0.1, 0.15) is 6.04 Å². The zero-order valence-corrected chi connectivity index (χ0v) is 18.3. The van der Waals surface area contributed by atoms with Gasteiger partial charge in [0, 0.05) is 6.54 Å². The van der Waals surface area contributed by atoms with E-state index in [1.165, 1.54) is 11.4 Å². The fourth-order valence-electron chi connectivity index (χ4n) is 3.05. The summed E-state index contributed by atoms with van der Waals surface area (Å²) < 4.78 is 33.2. The summed E-state index contributed by atoms with van der Waals surface area (Å²) >= 11 is 0. The minimum atomic E-state index is -3.89. The van der Waals surface area contributed by atoms with Gasteiger partial charge in [-0.15, -0.1) is 0 Å². The summed E-state index contributed by atoms with van der Waals surface area (Å²) in [5.41, 5.74) is 2.93. The molecule has 1 atom stereocenters. The van der Waals surface area contributed by atoms with Crippen molar-refractivity contribution in [1.82, 2.24) is 4.31 Å². The van der Waals surface area contributed by atoms with Gasteiger partial charge >= 0.3 is 5.97 Å². The van der Waals surface area contributed by atoms with Crippen LogP contribution in [0.15, 0.2) is 71.1 Å². The van der Waals surface area contributed by atoms with Crippen LogP contribution < -0.4 is 0 Å². The number of carbonyl (C=O) groups excluding carboxylic acids is 1. The number of esters is 1. The van der Waals surface area contributed by atoms with Crippen LogP contribution >= 0.6 is 0 Å². The van der Waals surface area contributed by atoms with Crippen LogP contribution in [0.5, 0.6) is 0 Å². The highest BCUT2D eigenvalue weighted by molar-refractivity contribution is 7.89. The number of rotatable bonds is 9. The molecular formula is C23H29NO4S. The number of hydrogen-bond donors (Lipinski definition) is 0. The van der Waals surface area contributed by atoms with E-state index in [9.17, 15) is 13.2 Å². The van der Waals surface area contributed by atoms with E-state index in [0.29, 0.717) is 6.42 Å². The molecule has 0 aromatic heterocycles. The number of nitrogens with zero attached hydrogens (tertiary/aromatic N) is 1. The molecule has 6 heteroatoms. The second-order valence-electron chi connectivity index (χ2n) is 7.23. The number of benzene rings is 2. The second kappa shape index (κ2) is 10.4. The lowest BCUT2D eigenvalue weighted by Crippen LogP contribution is -2.47. The van der Waals surface area contributed by atoms with Crippen molar-refractivity contribution >= 4 is 16.0 Å². The molecule has 0 amide bonds. The first-order valence-electron chi connectivity index (χ1n) is 9.59. The Hall–Kier alpha value is -2.44. The molecule has 0 radical (unpaired) electrons. The van der Waals surface area contributed by atoms with Crippen LogP contribution in [0.4, 0.5) is 0 Å². The maximum atomic E-state index is 13.5. The maximum absolute atomic E-state index is 13.5. The van der Waals surface area contributed by atoms with Crippen molar-refractivity contribution in [3.05, 3.63) is 77.4 Å². The van der Waals surface area contributed by atoms with Gasteiger partial charge in [0.15, 0.2) is 0 Å². The van der Waals surface area contributed by atoms with E-state index in [2.05, 4.69) is 0 Å². The van der Waals surface area contributed by atoms with Crippen molar-refractivity contribution < 1.29 is 17.9 Å². The number of sulfonamides is 1. The molecule has 5 nitrogen and oxygen atoms in total. The summed E-state index contributed by atoms with van der Waals surface area (Å²) in [4.78, 5) is 12.8. The number of allylic oxidation sites excluding steroid dienone is 1. The van der Waals surface area contributed by atoms with E-state index in [1.807, 2.05) is 57.2 Å². The Balaban J connectivity index is 2.48. The third-order valence-electron chi connectivity index (χ3n) is 4.62. The van der Waals surface area contributed by atoms with Crippen molar-refractivity contribution in [3.63, 3.8) is 0 Å². The lowest BCUT2D eigenvalue weighted by Gasteiger charge is -2.29. The fourth-order valence-corrected chi connectivity index (χ4v) is 4.64. The highest BCUT2D eigenvalue weighted by atomic mass is 32.2. The van der Waals surface area contributed by atoms with Crippen LogP contribution in [0.1, 0.15) is 31.4 Å². The van der Waals surface area contributed by atoms with Gasteiger partial charge in [-0.1, -0.05) is 59.7 Å². The SMILES string of the molecule is COC(=O)[C@H](Cc1ccccc1)N(CCC=C(C)C)S(=O)(=O)c1ccc(C)cc1. The van der Waals surface area contributed by atoms with Crippen LogP contribution in [0, 0.1) is 6.92 Å². The largest absolute Gasteiger partial charge is 0.468 e. The molecule has 0 saturated heterocycles. The van der Waals surface area contributed by atoms with E-state index in [0.717, 1.165) is 16.7 Å². The van der Waals surface area contributed by atoms with Gasteiger partial charge in [-0.2, -0.15) is 4.31 Å². The molecule has 0 fully saturated rings. The lowest BCUT2D eigenvalue weighted by molar-refractivity contribution is -0.145. The van der Waals surface area contributed by atoms with Gasteiger partial charge in [-0.25, -0.2) is 8.42 Å². The van der Waals surface area contributed by atoms with Crippen molar-refractivity contribution in [3.8, 4) is 0 Å². The zero-order chi connectivity index (χ0) is 21.4. The third-order valence-corrected chi connectivity index (χ3v) is 6.54. The second-order valence-corrected chi connectivity index (χ2v) is 9.12. The quantitative estimate of drug-likeness (QED) is 0.456. The summed E-state index contributed by atoms with van der Waals surface area (Å²) in [6.07, 6.45) is 2.72. The summed E-state index contributed by atoms with van der Waals surface area (Å²) in [5, 5.41) is 0. The standard InChI is InChI=1S/C23H29NO4S/c1-18(2)9-8-16-24(29(26,27)21-14-12-19(3)13-15-21)22(23(25)28-4)17-20-10-6-5-7-11-20/h5-7,9-15,22H,8,16-17H2,1-4H3/t22-/m0/s1. The normalized spacial score (nSPS) is 12.4. The molecule has 0 aliphatic rings. The molecule has 29 heavy (non-hydrogen) atoms. The predicted molar refractivity (Wildman–Crippen MR) is 115 cm³/mol. The van der Waals surface area contributed by atoms with Gasteiger partial charge in [-0.05, 0) is 51.3 Å². The smallest absolute Gasteiger partial charge is 0.324 e. The predicted octanol–water partition coefficient (Wildman–Crippen LogP) is 4.13. The van der Waals surface area contributed by atoms with Gasteiger partial charge in [0.25, 0.3) is 0 Å². The number of ether oxygens (including phenoxy) is 1. The first kappa shape index (κ1) is 22.8. The van der Waals surface area contributed by atoms with Crippen molar-refractivity contribution in [2.24, 2.45) is 0 Å². The van der Waals surface area contributed by atoms with E-state index in [-0.39, 0.29) is 17.9 Å².